The van der Waals surface area contributed by atoms with Crippen molar-refractivity contribution in [2.75, 3.05) is 0 Å². The van der Waals surface area contributed by atoms with E-state index in [1.165, 1.54) is 5.06 Å². The Morgan fingerprint density at radius 3 is 2.72 bits per heavy atom. The molecule has 1 aromatic rings. The van der Waals surface area contributed by atoms with Crippen molar-refractivity contribution >= 4 is 40.2 Å². The fraction of sp³-hybridized carbons (Fsp3) is 0.400. The van der Waals surface area contributed by atoms with Crippen LogP contribution in [0.5, 0.6) is 0 Å². The summed E-state index contributed by atoms with van der Waals surface area (Å²) < 4.78 is 0. The highest BCUT2D eigenvalue weighted by Gasteiger charge is 2.33. The fourth-order valence-corrected chi connectivity index (χ4v) is 2.15. The van der Waals surface area contributed by atoms with Crippen molar-refractivity contribution in [3.63, 3.8) is 0 Å². The van der Waals surface area contributed by atoms with Gasteiger partial charge in [-0.1, -0.05) is 6.07 Å². The number of hydrogen-bond acceptors (Lipinski definition) is 7. The molecule has 0 saturated carbocycles. The molecule has 0 radical (unpaired) electrons. The minimum Gasteiger partial charge on any atom is -0.368 e. The summed E-state index contributed by atoms with van der Waals surface area (Å²) in [7, 11) is 0. The molecular weight excluding hydrogens is 318 g/mol. The lowest BCUT2D eigenvalue weighted by Gasteiger charge is -2.36. The van der Waals surface area contributed by atoms with Crippen molar-refractivity contribution in [3.8, 4) is 0 Å². The first-order valence-corrected chi connectivity index (χ1v) is 6.02. The molecule has 0 atom stereocenters. The maximum absolute atomic E-state index is 5.78. The minimum atomic E-state index is -0.646. The van der Waals surface area contributed by atoms with Crippen molar-refractivity contribution in [2.24, 2.45) is 21.5 Å². The highest BCUT2D eigenvalue weighted by atomic mass is 79.9. The van der Waals surface area contributed by atoms with Crippen molar-refractivity contribution < 1.29 is 4.84 Å². The lowest BCUT2D eigenvalue weighted by atomic mass is 10.2. The van der Waals surface area contributed by atoms with Crippen LogP contribution in [0.2, 0.25) is 0 Å². The molecule has 100 valence electrons. The van der Waals surface area contributed by atoms with E-state index in [1.54, 1.807) is 11.3 Å². The second kappa shape index (κ2) is 5.68. The fourth-order valence-electron chi connectivity index (χ4n) is 1.54. The van der Waals surface area contributed by atoms with Crippen LogP contribution in [0.4, 0.5) is 0 Å². The van der Waals surface area contributed by atoms with Gasteiger partial charge in [-0.2, -0.15) is 10.1 Å². The van der Waals surface area contributed by atoms with Crippen LogP contribution in [0, 0.1) is 0 Å². The Hall–Kier alpha value is -1.12. The van der Waals surface area contributed by atoms with Gasteiger partial charge in [0.05, 0.1) is 0 Å². The Bertz CT molecular complexity index is 457. The number of hydroxylamine groups is 2. The first-order chi connectivity index (χ1) is 7.99. The van der Waals surface area contributed by atoms with E-state index in [9.17, 15) is 0 Å². The van der Waals surface area contributed by atoms with Gasteiger partial charge in [-0.15, -0.1) is 28.3 Å². The molecule has 1 aromatic heterocycles. The quantitative estimate of drug-likeness (QED) is 0.875. The van der Waals surface area contributed by atoms with Gasteiger partial charge in [-0.05, 0) is 25.3 Å². The predicted octanol–water partition coefficient (Wildman–Crippen LogP) is 1.44. The van der Waals surface area contributed by atoms with Gasteiger partial charge in [0, 0.05) is 4.88 Å². The Kier molecular flexibility index (Phi) is 4.71. The number of aliphatic imine (C=N–C) groups is 2. The summed E-state index contributed by atoms with van der Waals surface area (Å²) >= 11 is 1.62. The SMILES string of the molecule is Br.CC1(C)N=C(N)N=C(N)N1OCc1cccs1. The van der Waals surface area contributed by atoms with E-state index in [0.717, 1.165) is 4.88 Å². The number of nitrogens with zero attached hydrogens (tertiary/aromatic N) is 3. The Morgan fingerprint density at radius 1 is 1.44 bits per heavy atom. The lowest BCUT2D eigenvalue weighted by molar-refractivity contribution is -0.166. The molecule has 0 fully saturated rings. The summed E-state index contributed by atoms with van der Waals surface area (Å²) in [6, 6.07) is 3.96. The number of thiophene rings is 1. The Balaban J connectivity index is 0.00000162. The zero-order valence-corrected chi connectivity index (χ0v) is 12.7. The first kappa shape index (κ1) is 14.9. The first-order valence-electron chi connectivity index (χ1n) is 5.14. The van der Waals surface area contributed by atoms with Gasteiger partial charge in [-0.3, -0.25) is 4.84 Å². The number of hydrogen-bond donors (Lipinski definition) is 2. The van der Waals surface area contributed by atoms with Gasteiger partial charge < -0.3 is 11.5 Å². The van der Waals surface area contributed by atoms with E-state index in [-0.39, 0.29) is 28.9 Å². The van der Waals surface area contributed by atoms with E-state index < -0.39 is 5.66 Å². The van der Waals surface area contributed by atoms with Crippen molar-refractivity contribution in [1.29, 1.82) is 0 Å². The van der Waals surface area contributed by atoms with Gasteiger partial charge in [0.2, 0.25) is 11.9 Å². The zero-order valence-electron chi connectivity index (χ0n) is 10.2. The maximum Gasteiger partial charge on any atom is 0.226 e. The monoisotopic (exact) mass is 333 g/mol. The highest BCUT2D eigenvalue weighted by Crippen LogP contribution is 2.21. The summed E-state index contributed by atoms with van der Waals surface area (Å²) in [4.78, 5) is 14.8. The van der Waals surface area contributed by atoms with Gasteiger partial charge in [-0.25, -0.2) is 4.99 Å². The van der Waals surface area contributed by atoms with Crippen LogP contribution >= 0.6 is 28.3 Å². The van der Waals surface area contributed by atoms with Crippen molar-refractivity contribution in [1.82, 2.24) is 5.06 Å². The Labute approximate surface area is 120 Å². The van der Waals surface area contributed by atoms with Gasteiger partial charge in [0.15, 0.2) is 5.66 Å². The minimum absolute atomic E-state index is 0. The van der Waals surface area contributed by atoms with E-state index in [2.05, 4.69) is 9.98 Å². The number of halogens is 1. The smallest absolute Gasteiger partial charge is 0.226 e. The molecule has 0 bridgehead atoms. The second-order valence-electron chi connectivity index (χ2n) is 4.08. The molecule has 6 nitrogen and oxygen atoms in total. The average molecular weight is 334 g/mol. The lowest BCUT2D eigenvalue weighted by Crippen LogP contribution is -2.53. The molecule has 0 aromatic carbocycles. The molecule has 2 rings (SSSR count). The third kappa shape index (κ3) is 3.21. The third-order valence-corrected chi connectivity index (χ3v) is 3.09. The largest absolute Gasteiger partial charge is 0.368 e. The summed E-state index contributed by atoms with van der Waals surface area (Å²) in [5.74, 6) is 0.391. The van der Waals surface area contributed by atoms with Crippen molar-refractivity contribution in [2.45, 2.75) is 26.1 Å². The van der Waals surface area contributed by atoms with Crippen LogP contribution in [0.1, 0.15) is 18.7 Å². The molecule has 1 aliphatic heterocycles. The maximum atomic E-state index is 5.78. The Morgan fingerprint density at radius 2 is 2.17 bits per heavy atom. The molecule has 0 spiro atoms. The molecule has 2 heterocycles. The van der Waals surface area contributed by atoms with Crippen LogP contribution in [-0.2, 0) is 11.4 Å². The van der Waals surface area contributed by atoms with E-state index in [1.807, 2.05) is 31.4 Å². The van der Waals surface area contributed by atoms with Crippen LogP contribution in [0.3, 0.4) is 0 Å². The molecule has 0 amide bonds. The zero-order chi connectivity index (χ0) is 12.5. The van der Waals surface area contributed by atoms with Crippen LogP contribution in [-0.4, -0.2) is 22.6 Å². The number of guanidine groups is 2. The molecule has 0 unspecified atom stereocenters. The molecule has 8 heteroatoms. The molecule has 0 saturated heterocycles. The summed E-state index contributed by atoms with van der Waals surface area (Å²) in [5.41, 5.74) is 10.7. The van der Waals surface area contributed by atoms with Gasteiger partial charge in [0.1, 0.15) is 6.61 Å². The molecule has 18 heavy (non-hydrogen) atoms. The summed E-state index contributed by atoms with van der Waals surface area (Å²) in [5, 5.41) is 3.47. The van der Waals surface area contributed by atoms with Crippen LogP contribution < -0.4 is 11.5 Å². The van der Waals surface area contributed by atoms with E-state index in [0.29, 0.717) is 6.61 Å². The molecule has 1 aliphatic rings. The summed E-state index contributed by atoms with van der Waals surface area (Å²) in [6.07, 6.45) is 0. The van der Waals surface area contributed by atoms with E-state index >= 15 is 0 Å². The topological polar surface area (TPSA) is 89.2 Å². The van der Waals surface area contributed by atoms with Crippen LogP contribution in [0.25, 0.3) is 0 Å². The van der Waals surface area contributed by atoms with Gasteiger partial charge in [0.25, 0.3) is 0 Å². The predicted molar refractivity (Wildman–Crippen MR) is 78.6 cm³/mol. The van der Waals surface area contributed by atoms with E-state index in [4.69, 9.17) is 16.3 Å². The normalized spacial score (nSPS) is 17.8. The van der Waals surface area contributed by atoms with Crippen LogP contribution in [0.15, 0.2) is 27.5 Å². The van der Waals surface area contributed by atoms with Crippen molar-refractivity contribution in [3.05, 3.63) is 22.4 Å². The molecule has 0 aliphatic carbocycles. The second-order valence-corrected chi connectivity index (χ2v) is 5.11. The third-order valence-electron chi connectivity index (χ3n) is 2.24. The number of nitrogens with two attached hydrogens (primary N) is 2. The standard InChI is InChI=1S/C10H15N5OS.BrH/c1-10(2)14-8(11)13-9(12)15(10)16-6-7-4-3-5-17-7;/h3-5H,6H2,1-2H3,(H4,11,12,13,14);1H. The van der Waals surface area contributed by atoms with Gasteiger partial charge >= 0.3 is 0 Å². The molecule has 4 N–H and O–H groups in total. The number of rotatable bonds is 3. The highest BCUT2D eigenvalue weighted by molar-refractivity contribution is 8.93. The average Bonchev–Trinajstić information content (AvgIpc) is 2.67. The molecular formula is C10H16BrN5OS. The summed E-state index contributed by atoms with van der Waals surface area (Å²) in [6.45, 7) is 4.15.